The van der Waals surface area contributed by atoms with Crippen molar-refractivity contribution in [3.8, 4) is 0 Å². The molecule has 3 aromatic rings. The fourth-order valence-electron chi connectivity index (χ4n) is 2.99. The van der Waals surface area contributed by atoms with E-state index in [1.54, 1.807) is 18.2 Å². The lowest BCUT2D eigenvalue weighted by atomic mass is 10.1. The summed E-state index contributed by atoms with van der Waals surface area (Å²) in [4.78, 5) is 37.2. The summed E-state index contributed by atoms with van der Waals surface area (Å²) in [6, 6.07) is 11.1. The second-order valence-electron chi connectivity index (χ2n) is 6.37. The normalized spacial score (nSPS) is 10.9. The highest BCUT2D eigenvalue weighted by Crippen LogP contribution is 2.26. The first-order valence-corrected chi connectivity index (χ1v) is 8.96. The second kappa shape index (κ2) is 8.60. The van der Waals surface area contributed by atoms with Gasteiger partial charge in [-0.1, -0.05) is 35.9 Å². The van der Waals surface area contributed by atoms with Crippen molar-refractivity contribution in [3.63, 3.8) is 0 Å². The van der Waals surface area contributed by atoms with Gasteiger partial charge < -0.3 is 14.2 Å². The summed E-state index contributed by atoms with van der Waals surface area (Å²) in [7, 11) is 3.49. The fraction of sp³-hybridized carbons (Fsp3) is 0.182. The Labute approximate surface area is 172 Å². The molecule has 0 atom stereocenters. The predicted molar refractivity (Wildman–Crippen MR) is 109 cm³/mol. The molecule has 0 spiro atoms. The molecule has 30 heavy (non-hydrogen) atoms. The molecule has 154 valence electrons. The van der Waals surface area contributed by atoms with E-state index in [4.69, 9.17) is 14.2 Å². The van der Waals surface area contributed by atoms with Gasteiger partial charge in [0.2, 0.25) is 0 Å². The Morgan fingerprint density at radius 3 is 2.00 bits per heavy atom. The van der Waals surface area contributed by atoms with Crippen LogP contribution in [0.25, 0.3) is 17.7 Å². The van der Waals surface area contributed by atoms with E-state index >= 15 is 0 Å². The molecule has 8 nitrogen and oxygen atoms in total. The molecule has 0 amide bonds. The zero-order valence-electron chi connectivity index (χ0n) is 17.0. The lowest BCUT2D eigenvalue weighted by Gasteiger charge is -2.04. The lowest BCUT2D eigenvalue weighted by Crippen LogP contribution is -2.16. The van der Waals surface area contributed by atoms with Crippen molar-refractivity contribution in [2.24, 2.45) is 0 Å². The Hall–Kier alpha value is -3.94. The number of carbonyl (C=O) groups is 3. The van der Waals surface area contributed by atoms with Crippen LogP contribution in [-0.2, 0) is 14.2 Å². The van der Waals surface area contributed by atoms with Crippen molar-refractivity contribution in [2.75, 3.05) is 21.3 Å². The molecule has 2 aromatic heterocycles. The van der Waals surface area contributed by atoms with Gasteiger partial charge in [0.15, 0.2) is 5.69 Å². The quantitative estimate of drug-likeness (QED) is 0.472. The van der Waals surface area contributed by atoms with Crippen LogP contribution < -0.4 is 0 Å². The Morgan fingerprint density at radius 1 is 0.800 bits per heavy atom. The Bertz CT molecular complexity index is 1160. The summed E-state index contributed by atoms with van der Waals surface area (Å²) in [5.41, 5.74) is 2.23. The van der Waals surface area contributed by atoms with Gasteiger partial charge in [-0.05, 0) is 30.7 Å². The van der Waals surface area contributed by atoms with Gasteiger partial charge in [0, 0.05) is 0 Å². The molecule has 0 N–H and O–H groups in total. The van der Waals surface area contributed by atoms with Crippen LogP contribution in [0.4, 0.5) is 0 Å². The fourth-order valence-corrected chi connectivity index (χ4v) is 2.99. The number of carbonyl (C=O) groups excluding carboxylic acids is 3. The molecule has 1 aromatic carbocycles. The van der Waals surface area contributed by atoms with E-state index in [1.807, 2.05) is 37.3 Å². The summed E-state index contributed by atoms with van der Waals surface area (Å²) in [5.74, 6) is -2.52. The lowest BCUT2D eigenvalue weighted by molar-refractivity contribution is 0.0536. The highest BCUT2D eigenvalue weighted by atomic mass is 16.5. The summed E-state index contributed by atoms with van der Waals surface area (Å²) in [6.07, 6.45) is 3.61. The summed E-state index contributed by atoms with van der Waals surface area (Å²) in [6.45, 7) is 2.00. The number of aromatic nitrogens is 2. The third-order valence-corrected chi connectivity index (χ3v) is 4.49. The van der Waals surface area contributed by atoms with Crippen molar-refractivity contribution in [1.82, 2.24) is 9.61 Å². The van der Waals surface area contributed by atoms with Crippen molar-refractivity contribution < 1.29 is 28.6 Å². The number of hydrogen-bond acceptors (Lipinski definition) is 7. The molecule has 2 heterocycles. The predicted octanol–water partition coefficient (Wildman–Crippen LogP) is 3.17. The average molecular weight is 408 g/mol. The number of ether oxygens (including phenoxy) is 3. The zero-order chi connectivity index (χ0) is 21.8. The summed E-state index contributed by atoms with van der Waals surface area (Å²) < 4.78 is 15.6. The van der Waals surface area contributed by atoms with Gasteiger partial charge in [0.25, 0.3) is 0 Å². The number of benzene rings is 1. The molecule has 0 aliphatic heterocycles. The second-order valence-corrected chi connectivity index (χ2v) is 6.37. The minimum Gasteiger partial charge on any atom is -0.465 e. The van der Waals surface area contributed by atoms with E-state index in [2.05, 4.69) is 5.10 Å². The van der Waals surface area contributed by atoms with Crippen molar-refractivity contribution in [1.29, 1.82) is 0 Å². The highest BCUT2D eigenvalue weighted by Gasteiger charge is 2.34. The maximum absolute atomic E-state index is 12.5. The summed E-state index contributed by atoms with van der Waals surface area (Å²) in [5, 5.41) is 4.40. The molecule has 8 heteroatoms. The van der Waals surface area contributed by atoms with Crippen molar-refractivity contribution >= 4 is 35.6 Å². The van der Waals surface area contributed by atoms with Gasteiger partial charge in [-0.2, -0.15) is 5.10 Å². The third kappa shape index (κ3) is 3.80. The van der Waals surface area contributed by atoms with Gasteiger partial charge >= 0.3 is 17.9 Å². The third-order valence-electron chi connectivity index (χ3n) is 4.49. The van der Waals surface area contributed by atoms with Gasteiger partial charge in [-0.3, -0.25) is 0 Å². The van der Waals surface area contributed by atoms with Gasteiger partial charge in [0.1, 0.15) is 11.1 Å². The molecule has 0 fully saturated rings. The number of methoxy groups -OCH3 is 3. The van der Waals surface area contributed by atoms with Gasteiger partial charge in [-0.25, -0.2) is 18.9 Å². The standard InChI is InChI=1S/C22H20N2O6/c1-13-5-7-14(8-6-13)9-10-15-11-12-16-17(20(25)28-2)18(21(26)29-3)19(22(27)30-4)24(16)23-15/h5-12H,1-4H3/b10-9+. The number of rotatable bonds is 5. The Morgan fingerprint density at radius 2 is 1.40 bits per heavy atom. The minimum atomic E-state index is -0.877. The van der Waals surface area contributed by atoms with E-state index in [-0.39, 0.29) is 22.3 Å². The van der Waals surface area contributed by atoms with Gasteiger partial charge in [0.05, 0.1) is 32.5 Å². The largest absolute Gasteiger partial charge is 0.465 e. The van der Waals surface area contributed by atoms with Crippen LogP contribution in [0, 0.1) is 6.92 Å². The number of hydrogen-bond donors (Lipinski definition) is 0. The monoisotopic (exact) mass is 408 g/mol. The van der Waals surface area contributed by atoms with Crippen molar-refractivity contribution in [2.45, 2.75) is 6.92 Å². The Balaban J connectivity index is 2.22. The molecule has 0 radical (unpaired) electrons. The molecular formula is C22H20N2O6. The number of fused-ring (bicyclic) bond motifs is 1. The smallest absolute Gasteiger partial charge is 0.357 e. The van der Waals surface area contributed by atoms with Crippen LogP contribution in [0.3, 0.4) is 0 Å². The van der Waals surface area contributed by atoms with Crippen LogP contribution in [0.5, 0.6) is 0 Å². The molecular weight excluding hydrogens is 388 g/mol. The van der Waals surface area contributed by atoms with E-state index in [1.165, 1.54) is 18.7 Å². The molecule has 0 aliphatic carbocycles. The number of nitrogens with zero attached hydrogens (tertiary/aromatic N) is 2. The molecule has 0 unspecified atom stereocenters. The van der Waals surface area contributed by atoms with E-state index in [0.29, 0.717) is 5.69 Å². The average Bonchev–Trinajstić information content (AvgIpc) is 3.11. The van der Waals surface area contributed by atoms with E-state index in [9.17, 15) is 14.4 Å². The SMILES string of the molecule is COC(=O)c1c(C(=O)OC)c2ccc(/C=C/c3ccc(C)cc3)nn2c1C(=O)OC. The molecule has 0 bridgehead atoms. The molecule has 0 saturated carbocycles. The Kier molecular flexibility index (Phi) is 5.96. The first-order chi connectivity index (χ1) is 14.4. The summed E-state index contributed by atoms with van der Waals surface area (Å²) >= 11 is 0. The molecule has 3 rings (SSSR count). The van der Waals surface area contributed by atoms with Gasteiger partial charge in [-0.15, -0.1) is 0 Å². The minimum absolute atomic E-state index is 0.119. The first-order valence-electron chi connectivity index (χ1n) is 8.96. The van der Waals surface area contributed by atoms with Crippen LogP contribution in [-0.4, -0.2) is 48.9 Å². The van der Waals surface area contributed by atoms with E-state index < -0.39 is 17.9 Å². The van der Waals surface area contributed by atoms with Crippen LogP contribution >= 0.6 is 0 Å². The zero-order valence-corrected chi connectivity index (χ0v) is 17.0. The van der Waals surface area contributed by atoms with Crippen LogP contribution in [0.15, 0.2) is 36.4 Å². The maximum Gasteiger partial charge on any atom is 0.357 e. The van der Waals surface area contributed by atoms with Crippen LogP contribution in [0.1, 0.15) is 48.0 Å². The topological polar surface area (TPSA) is 96.2 Å². The van der Waals surface area contributed by atoms with Crippen LogP contribution in [0.2, 0.25) is 0 Å². The maximum atomic E-state index is 12.5. The first kappa shape index (κ1) is 20.8. The highest BCUT2D eigenvalue weighted by molar-refractivity contribution is 6.14. The van der Waals surface area contributed by atoms with Crippen molar-refractivity contribution in [3.05, 3.63) is 70.0 Å². The number of esters is 3. The van der Waals surface area contributed by atoms with E-state index in [0.717, 1.165) is 18.2 Å². The molecule has 0 aliphatic rings. The number of aryl methyl sites for hydroxylation is 1. The molecule has 0 saturated heterocycles.